The second-order valence-electron chi connectivity index (χ2n) is 5.10. The minimum Gasteiger partial charge on any atom is -0.497 e. The number of nitrogens with zero attached hydrogens (tertiary/aromatic N) is 2. The largest absolute Gasteiger partial charge is 0.497 e. The van der Waals surface area contributed by atoms with Gasteiger partial charge in [0.25, 0.3) is 0 Å². The quantitative estimate of drug-likeness (QED) is 0.860. The molecule has 1 N–H and O–H groups in total. The monoisotopic (exact) mass is 236 g/mol. The van der Waals surface area contributed by atoms with Crippen LogP contribution in [0.2, 0.25) is 0 Å². The zero-order valence-corrected chi connectivity index (χ0v) is 10.7. The molecule has 17 heavy (non-hydrogen) atoms. The molecule has 1 aliphatic rings. The maximum Gasteiger partial charge on any atom is 0.122 e. The zero-order valence-electron chi connectivity index (χ0n) is 10.7. The van der Waals surface area contributed by atoms with Gasteiger partial charge in [0.05, 0.1) is 18.4 Å². The van der Waals surface area contributed by atoms with Gasteiger partial charge >= 0.3 is 0 Å². The molecule has 94 valence electrons. The lowest BCUT2D eigenvalue weighted by molar-refractivity contribution is 0.0677. The highest BCUT2D eigenvalue weighted by atomic mass is 16.5. The molecule has 4 heteroatoms. The Balaban J connectivity index is 2.06. The van der Waals surface area contributed by atoms with Crippen molar-refractivity contribution in [2.45, 2.75) is 32.4 Å². The van der Waals surface area contributed by atoms with Gasteiger partial charge in [-0.25, -0.2) is 0 Å². The molecule has 1 aromatic rings. The normalized spacial score (nSPS) is 25.2. The number of hydrogen-bond acceptors (Lipinski definition) is 4. The first-order valence-electron chi connectivity index (χ1n) is 5.95. The van der Waals surface area contributed by atoms with Crippen LogP contribution in [0.15, 0.2) is 12.1 Å². The summed E-state index contributed by atoms with van der Waals surface area (Å²) in [4.78, 5) is 6.71. The van der Waals surface area contributed by atoms with E-state index >= 15 is 0 Å². The van der Waals surface area contributed by atoms with Crippen molar-refractivity contribution in [1.82, 2.24) is 9.88 Å². The molecular weight excluding hydrogens is 216 g/mol. The molecule has 1 saturated heterocycles. The first-order chi connectivity index (χ1) is 7.98. The van der Waals surface area contributed by atoms with Crippen molar-refractivity contribution in [3.05, 3.63) is 23.5 Å². The molecule has 2 heterocycles. The Morgan fingerprint density at radius 3 is 2.88 bits per heavy atom. The van der Waals surface area contributed by atoms with E-state index < -0.39 is 5.60 Å². The van der Waals surface area contributed by atoms with Gasteiger partial charge in [0.2, 0.25) is 0 Å². The molecule has 0 saturated carbocycles. The Labute approximate surface area is 102 Å². The average Bonchev–Trinajstić information content (AvgIpc) is 2.57. The molecule has 1 unspecified atom stereocenters. The van der Waals surface area contributed by atoms with Crippen LogP contribution in [0.25, 0.3) is 0 Å². The van der Waals surface area contributed by atoms with E-state index in [1.54, 1.807) is 7.11 Å². The van der Waals surface area contributed by atoms with Gasteiger partial charge in [-0.05, 0) is 20.3 Å². The number of rotatable bonds is 3. The highest BCUT2D eigenvalue weighted by Gasteiger charge is 2.31. The van der Waals surface area contributed by atoms with E-state index in [1.165, 1.54) is 0 Å². The van der Waals surface area contributed by atoms with Crippen LogP contribution in [0.5, 0.6) is 5.75 Å². The van der Waals surface area contributed by atoms with E-state index in [0.29, 0.717) is 6.54 Å². The van der Waals surface area contributed by atoms with Gasteiger partial charge in [-0.2, -0.15) is 0 Å². The van der Waals surface area contributed by atoms with Crippen molar-refractivity contribution >= 4 is 0 Å². The Morgan fingerprint density at radius 2 is 2.29 bits per heavy atom. The fourth-order valence-electron chi connectivity index (χ4n) is 2.30. The highest BCUT2D eigenvalue weighted by Crippen LogP contribution is 2.22. The predicted molar refractivity (Wildman–Crippen MR) is 66.0 cm³/mol. The molecule has 1 aliphatic heterocycles. The van der Waals surface area contributed by atoms with Crippen molar-refractivity contribution in [2.75, 3.05) is 20.2 Å². The summed E-state index contributed by atoms with van der Waals surface area (Å²) in [5, 5.41) is 9.91. The summed E-state index contributed by atoms with van der Waals surface area (Å²) in [6.07, 6.45) is 0.829. The minimum atomic E-state index is -0.548. The summed E-state index contributed by atoms with van der Waals surface area (Å²) in [5.41, 5.74) is 1.42. The van der Waals surface area contributed by atoms with Crippen LogP contribution in [0.4, 0.5) is 0 Å². The highest BCUT2D eigenvalue weighted by molar-refractivity contribution is 5.26. The Morgan fingerprint density at radius 1 is 1.53 bits per heavy atom. The topological polar surface area (TPSA) is 45.6 Å². The lowest BCUT2D eigenvalue weighted by atomic mass is 10.1. The van der Waals surface area contributed by atoms with Gasteiger partial charge in [-0.3, -0.25) is 9.88 Å². The number of hydrogen-bond donors (Lipinski definition) is 1. The van der Waals surface area contributed by atoms with Gasteiger partial charge in [-0.1, -0.05) is 0 Å². The van der Waals surface area contributed by atoms with Crippen molar-refractivity contribution in [3.8, 4) is 5.75 Å². The lowest BCUT2D eigenvalue weighted by Gasteiger charge is -2.18. The van der Waals surface area contributed by atoms with Gasteiger partial charge in [0, 0.05) is 37.5 Å². The van der Waals surface area contributed by atoms with Crippen LogP contribution < -0.4 is 4.74 Å². The Bertz CT molecular complexity index is 404. The first kappa shape index (κ1) is 12.3. The van der Waals surface area contributed by atoms with Crippen molar-refractivity contribution in [2.24, 2.45) is 0 Å². The number of pyridine rings is 1. The Hall–Kier alpha value is -1.13. The number of ether oxygens (including phenoxy) is 1. The third-order valence-electron chi connectivity index (χ3n) is 3.13. The van der Waals surface area contributed by atoms with Crippen LogP contribution in [-0.2, 0) is 6.54 Å². The number of methoxy groups -OCH3 is 1. The average molecular weight is 236 g/mol. The van der Waals surface area contributed by atoms with Gasteiger partial charge in [0.15, 0.2) is 0 Å². The van der Waals surface area contributed by atoms with Gasteiger partial charge in [-0.15, -0.1) is 0 Å². The fraction of sp³-hybridized carbons (Fsp3) is 0.615. The smallest absolute Gasteiger partial charge is 0.122 e. The molecule has 4 nitrogen and oxygen atoms in total. The molecule has 0 amide bonds. The van der Waals surface area contributed by atoms with Crippen LogP contribution >= 0.6 is 0 Å². The van der Waals surface area contributed by atoms with E-state index in [4.69, 9.17) is 4.74 Å². The van der Waals surface area contributed by atoms with Crippen molar-refractivity contribution in [3.63, 3.8) is 0 Å². The summed E-state index contributed by atoms with van der Waals surface area (Å²) >= 11 is 0. The molecule has 1 aromatic heterocycles. The second kappa shape index (κ2) is 4.63. The van der Waals surface area contributed by atoms with Crippen LogP contribution in [0.1, 0.15) is 24.7 Å². The van der Waals surface area contributed by atoms with E-state index in [1.807, 2.05) is 26.0 Å². The van der Waals surface area contributed by atoms with E-state index in [0.717, 1.165) is 36.6 Å². The van der Waals surface area contributed by atoms with E-state index in [2.05, 4.69) is 9.88 Å². The summed E-state index contributed by atoms with van der Waals surface area (Å²) in [6, 6.07) is 3.88. The summed E-state index contributed by atoms with van der Waals surface area (Å²) in [7, 11) is 1.67. The Kier molecular flexibility index (Phi) is 3.35. The lowest BCUT2D eigenvalue weighted by Crippen LogP contribution is -2.29. The van der Waals surface area contributed by atoms with Crippen molar-refractivity contribution < 1.29 is 9.84 Å². The standard InChI is InChI=1S/C13H20N2O2/c1-10-6-12(17-3)7-11(14-10)8-15-5-4-13(2,16)9-15/h6-7,16H,4-5,8-9H2,1-3H3. The number of aliphatic hydroxyl groups is 1. The maximum absolute atomic E-state index is 9.91. The molecule has 1 fully saturated rings. The molecule has 0 aliphatic carbocycles. The predicted octanol–water partition coefficient (Wildman–Crippen LogP) is 1.36. The molecular formula is C13H20N2O2. The van der Waals surface area contributed by atoms with E-state index in [9.17, 15) is 5.11 Å². The fourth-order valence-corrected chi connectivity index (χ4v) is 2.30. The van der Waals surface area contributed by atoms with Gasteiger partial charge in [0.1, 0.15) is 5.75 Å². The van der Waals surface area contributed by atoms with E-state index in [-0.39, 0.29) is 0 Å². The third-order valence-corrected chi connectivity index (χ3v) is 3.13. The molecule has 0 aromatic carbocycles. The van der Waals surface area contributed by atoms with Crippen LogP contribution in [0.3, 0.4) is 0 Å². The van der Waals surface area contributed by atoms with Crippen molar-refractivity contribution in [1.29, 1.82) is 0 Å². The summed E-state index contributed by atoms with van der Waals surface area (Å²) in [6.45, 7) is 6.26. The second-order valence-corrected chi connectivity index (χ2v) is 5.10. The van der Waals surface area contributed by atoms with Crippen LogP contribution in [0, 0.1) is 6.92 Å². The zero-order chi connectivity index (χ0) is 12.5. The third kappa shape index (κ3) is 3.17. The number of aromatic nitrogens is 1. The summed E-state index contributed by atoms with van der Waals surface area (Å²) in [5.74, 6) is 0.846. The number of aryl methyl sites for hydroxylation is 1. The molecule has 0 bridgehead atoms. The molecule has 0 radical (unpaired) electrons. The number of likely N-dealkylation sites (tertiary alicyclic amines) is 1. The van der Waals surface area contributed by atoms with Crippen LogP contribution in [-0.4, -0.2) is 40.8 Å². The molecule has 2 rings (SSSR count). The van der Waals surface area contributed by atoms with Gasteiger partial charge < -0.3 is 9.84 Å². The summed E-state index contributed by atoms with van der Waals surface area (Å²) < 4.78 is 5.23. The SMILES string of the molecule is COc1cc(C)nc(CN2CCC(C)(O)C2)c1. The first-order valence-corrected chi connectivity index (χ1v) is 5.95. The minimum absolute atomic E-state index is 0.548. The molecule has 0 spiro atoms. The maximum atomic E-state index is 9.91. The number of β-amino-alcohol motifs (C(OH)–C–C–N with tert-alkyl or cyclic N) is 1. The molecule has 1 atom stereocenters.